The highest BCUT2D eigenvalue weighted by atomic mass is 35.5. The standard InChI is InChI=1S/C19H18Cl2N4O/c1-2-5-17-18(19(26)22-12-13-6-3-4-7-16(13)21)23-24-25(17)15-10-8-14(20)9-11-15/h3-4,6-11H,2,5,12H2,1H3,(H,22,26). The summed E-state index contributed by atoms with van der Waals surface area (Å²) in [7, 11) is 0. The van der Waals surface area contributed by atoms with Crippen LogP contribution in [-0.2, 0) is 13.0 Å². The fraction of sp³-hybridized carbons (Fsp3) is 0.211. The Bertz CT molecular complexity index is 906. The summed E-state index contributed by atoms with van der Waals surface area (Å²) in [6.07, 6.45) is 1.55. The van der Waals surface area contributed by atoms with Crippen molar-refractivity contribution in [3.8, 4) is 5.69 Å². The van der Waals surface area contributed by atoms with Crippen LogP contribution in [0.3, 0.4) is 0 Å². The second-order valence-electron chi connectivity index (χ2n) is 5.80. The van der Waals surface area contributed by atoms with Crippen LogP contribution in [0.25, 0.3) is 5.69 Å². The summed E-state index contributed by atoms with van der Waals surface area (Å²) >= 11 is 12.1. The first-order valence-corrected chi connectivity index (χ1v) is 9.08. The van der Waals surface area contributed by atoms with Crippen LogP contribution in [0.15, 0.2) is 48.5 Å². The zero-order valence-electron chi connectivity index (χ0n) is 14.2. The fourth-order valence-electron chi connectivity index (χ4n) is 2.63. The summed E-state index contributed by atoms with van der Waals surface area (Å²) in [6.45, 7) is 2.38. The summed E-state index contributed by atoms with van der Waals surface area (Å²) in [5.74, 6) is -0.270. The molecule has 3 rings (SSSR count). The number of carbonyl (C=O) groups excluding carboxylic acids is 1. The first-order valence-electron chi connectivity index (χ1n) is 8.32. The predicted molar refractivity (Wildman–Crippen MR) is 103 cm³/mol. The van der Waals surface area contributed by atoms with Gasteiger partial charge in [-0.15, -0.1) is 5.10 Å². The van der Waals surface area contributed by atoms with Crippen LogP contribution in [0, 0.1) is 0 Å². The molecule has 26 heavy (non-hydrogen) atoms. The Balaban J connectivity index is 1.84. The third-order valence-corrected chi connectivity index (χ3v) is 4.55. The van der Waals surface area contributed by atoms with Gasteiger partial charge in [0.2, 0.25) is 0 Å². The Hall–Kier alpha value is -2.37. The minimum Gasteiger partial charge on any atom is -0.346 e. The molecule has 0 saturated heterocycles. The summed E-state index contributed by atoms with van der Waals surface area (Å²) in [5.41, 5.74) is 2.76. The maximum atomic E-state index is 12.6. The number of amides is 1. The van der Waals surface area contributed by atoms with Gasteiger partial charge in [-0.3, -0.25) is 4.79 Å². The van der Waals surface area contributed by atoms with E-state index in [0.29, 0.717) is 28.7 Å². The zero-order chi connectivity index (χ0) is 18.5. The second-order valence-corrected chi connectivity index (χ2v) is 6.64. The van der Waals surface area contributed by atoms with E-state index in [2.05, 4.69) is 15.6 Å². The molecule has 7 heteroatoms. The fourth-order valence-corrected chi connectivity index (χ4v) is 2.96. The average Bonchev–Trinajstić information content (AvgIpc) is 3.05. The van der Waals surface area contributed by atoms with Crippen molar-refractivity contribution >= 4 is 29.1 Å². The van der Waals surface area contributed by atoms with Gasteiger partial charge in [0.05, 0.1) is 11.4 Å². The Morgan fingerprint density at radius 2 is 1.85 bits per heavy atom. The van der Waals surface area contributed by atoms with E-state index in [1.54, 1.807) is 22.9 Å². The molecule has 0 fully saturated rings. The van der Waals surface area contributed by atoms with Gasteiger partial charge in [-0.25, -0.2) is 4.68 Å². The van der Waals surface area contributed by atoms with Crippen molar-refractivity contribution in [2.45, 2.75) is 26.3 Å². The minimum absolute atomic E-state index is 0.270. The third kappa shape index (κ3) is 4.06. The molecule has 0 radical (unpaired) electrons. The lowest BCUT2D eigenvalue weighted by Gasteiger charge is -2.08. The van der Waals surface area contributed by atoms with Crippen molar-refractivity contribution in [3.63, 3.8) is 0 Å². The first kappa shape index (κ1) is 18.4. The van der Waals surface area contributed by atoms with Crippen LogP contribution in [0.4, 0.5) is 0 Å². The Kier molecular flexibility index (Phi) is 5.91. The van der Waals surface area contributed by atoms with E-state index in [1.807, 2.05) is 37.3 Å². The molecule has 2 aromatic carbocycles. The van der Waals surface area contributed by atoms with Crippen LogP contribution in [-0.4, -0.2) is 20.9 Å². The third-order valence-electron chi connectivity index (χ3n) is 3.93. The van der Waals surface area contributed by atoms with Crippen molar-refractivity contribution in [1.29, 1.82) is 0 Å². The van der Waals surface area contributed by atoms with Gasteiger partial charge in [-0.1, -0.05) is 60.0 Å². The highest BCUT2D eigenvalue weighted by molar-refractivity contribution is 6.31. The van der Waals surface area contributed by atoms with Crippen LogP contribution in [0.1, 0.15) is 35.1 Å². The minimum atomic E-state index is -0.270. The van der Waals surface area contributed by atoms with E-state index in [4.69, 9.17) is 23.2 Å². The highest BCUT2D eigenvalue weighted by Gasteiger charge is 2.20. The molecule has 0 spiro atoms. The molecule has 0 aliphatic carbocycles. The topological polar surface area (TPSA) is 59.8 Å². The lowest BCUT2D eigenvalue weighted by Crippen LogP contribution is -2.24. The van der Waals surface area contributed by atoms with Crippen molar-refractivity contribution in [2.24, 2.45) is 0 Å². The molecule has 1 heterocycles. The van der Waals surface area contributed by atoms with Gasteiger partial charge >= 0.3 is 0 Å². The van der Waals surface area contributed by atoms with Gasteiger partial charge in [-0.2, -0.15) is 0 Å². The van der Waals surface area contributed by atoms with E-state index < -0.39 is 0 Å². The molecule has 0 aliphatic heterocycles. The molecule has 134 valence electrons. The van der Waals surface area contributed by atoms with Crippen LogP contribution < -0.4 is 5.32 Å². The quantitative estimate of drug-likeness (QED) is 0.677. The predicted octanol–water partition coefficient (Wildman–Crippen LogP) is 4.46. The number of halogens is 2. The van der Waals surface area contributed by atoms with Gasteiger partial charge in [0.25, 0.3) is 5.91 Å². The molecule has 5 nitrogen and oxygen atoms in total. The van der Waals surface area contributed by atoms with E-state index in [9.17, 15) is 4.79 Å². The number of rotatable bonds is 6. The van der Waals surface area contributed by atoms with Crippen LogP contribution in [0.2, 0.25) is 10.0 Å². The molecular formula is C19H18Cl2N4O. The van der Waals surface area contributed by atoms with Crippen molar-refractivity contribution in [1.82, 2.24) is 20.3 Å². The molecule has 0 bridgehead atoms. The lowest BCUT2D eigenvalue weighted by molar-refractivity contribution is 0.0945. The summed E-state index contributed by atoms with van der Waals surface area (Å²) in [4.78, 5) is 12.6. The van der Waals surface area contributed by atoms with E-state index in [-0.39, 0.29) is 5.91 Å². The molecule has 1 N–H and O–H groups in total. The zero-order valence-corrected chi connectivity index (χ0v) is 15.8. The number of hydrogen-bond donors (Lipinski definition) is 1. The van der Waals surface area contributed by atoms with Gasteiger partial charge in [0.15, 0.2) is 5.69 Å². The summed E-state index contributed by atoms with van der Waals surface area (Å²) < 4.78 is 1.68. The average molecular weight is 389 g/mol. The number of benzene rings is 2. The molecule has 3 aromatic rings. The van der Waals surface area contributed by atoms with Gasteiger partial charge in [0.1, 0.15) is 0 Å². The van der Waals surface area contributed by atoms with E-state index >= 15 is 0 Å². The number of aromatic nitrogens is 3. The van der Waals surface area contributed by atoms with Gasteiger partial charge in [-0.05, 0) is 42.3 Å². The second kappa shape index (κ2) is 8.34. The maximum Gasteiger partial charge on any atom is 0.274 e. The molecule has 0 saturated carbocycles. The summed E-state index contributed by atoms with van der Waals surface area (Å²) in [5, 5.41) is 12.4. The molecule has 0 atom stereocenters. The molecule has 1 aromatic heterocycles. The number of hydrogen-bond acceptors (Lipinski definition) is 3. The molecule has 0 unspecified atom stereocenters. The normalized spacial score (nSPS) is 10.7. The van der Waals surface area contributed by atoms with Crippen molar-refractivity contribution < 1.29 is 4.79 Å². The number of carbonyl (C=O) groups is 1. The Labute approximate surface area is 161 Å². The van der Waals surface area contributed by atoms with Gasteiger partial charge in [0, 0.05) is 16.6 Å². The van der Waals surface area contributed by atoms with Crippen LogP contribution in [0.5, 0.6) is 0 Å². The molecule has 1 amide bonds. The van der Waals surface area contributed by atoms with Crippen molar-refractivity contribution in [3.05, 3.63) is 75.5 Å². The van der Waals surface area contributed by atoms with E-state index in [1.165, 1.54) is 0 Å². The highest BCUT2D eigenvalue weighted by Crippen LogP contribution is 2.18. The number of nitrogens with one attached hydrogen (secondary N) is 1. The Morgan fingerprint density at radius 3 is 2.54 bits per heavy atom. The van der Waals surface area contributed by atoms with Crippen LogP contribution >= 0.6 is 23.2 Å². The maximum absolute atomic E-state index is 12.6. The largest absolute Gasteiger partial charge is 0.346 e. The first-order chi connectivity index (χ1) is 12.6. The molecule has 0 aliphatic rings. The SMILES string of the molecule is CCCc1c(C(=O)NCc2ccccc2Cl)nnn1-c1ccc(Cl)cc1. The van der Waals surface area contributed by atoms with Crippen molar-refractivity contribution in [2.75, 3.05) is 0 Å². The van der Waals surface area contributed by atoms with E-state index in [0.717, 1.165) is 23.4 Å². The molecular weight excluding hydrogens is 371 g/mol. The summed E-state index contributed by atoms with van der Waals surface area (Å²) in [6, 6.07) is 14.7. The monoisotopic (exact) mass is 388 g/mol. The van der Waals surface area contributed by atoms with Gasteiger partial charge < -0.3 is 5.32 Å². The number of nitrogens with zero attached hydrogens (tertiary/aromatic N) is 3. The smallest absolute Gasteiger partial charge is 0.274 e. The Morgan fingerprint density at radius 1 is 1.12 bits per heavy atom. The lowest BCUT2D eigenvalue weighted by atomic mass is 10.1.